The van der Waals surface area contributed by atoms with E-state index >= 15 is 0 Å². The third kappa shape index (κ3) is 2.50. The average molecular weight is 297 g/mol. The Labute approximate surface area is 118 Å². The van der Waals surface area contributed by atoms with E-state index < -0.39 is 10.0 Å². The van der Waals surface area contributed by atoms with Crippen LogP contribution in [0.4, 0.5) is 5.95 Å². The first-order chi connectivity index (χ1) is 9.60. The Morgan fingerprint density at radius 2 is 2.00 bits per heavy atom. The predicted octanol–water partition coefficient (Wildman–Crippen LogP) is 0.0333. The maximum Gasteiger partial charge on any atom is 0.243 e. The van der Waals surface area contributed by atoms with Gasteiger partial charge in [0.25, 0.3) is 0 Å². The summed E-state index contributed by atoms with van der Waals surface area (Å²) in [6.07, 6.45) is 5.77. The summed E-state index contributed by atoms with van der Waals surface area (Å²) in [4.78, 5) is 10.4. The molecular weight excluding hydrogens is 278 g/mol. The first-order valence-electron chi connectivity index (χ1n) is 6.86. The molecule has 2 N–H and O–H groups in total. The molecule has 0 saturated carbocycles. The van der Waals surface area contributed by atoms with E-state index in [4.69, 9.17) is 0 Å². The summed E-state index contributed by atoms with van der Waals surface area (Å²) in [6, 6.07) is 0.355. The number of fused-ring (bicyclic) bond motifs is 1. The quantitative estimate of drug-likeness (QED) is 0.815. The highest BCUT2D eigenvalue weighted by molar-refractivity contribution is 7.89. The second-order valence-electron chi connectivity index (χ2n) is 5.25. The SMILES string of the molecule is CNc1ncc(S(=O)(=O)NC2CCN3CCCC23)cn1. The Morgan fingerprint density at radius 3 is 2.70 bits per heavy atom. The molecule has 2 aliphatic rings. The molecule has 2 aliphatic heterocycles. The summed E-state index contributed by atoms with van der Waals surface area (Å²) < 4.78 is 27.5. The summed E-state index contributed by atoms with van der Waals surface area (Å²) >= 11 is 0. The minimum atomic E-state index is -3.54. The van der Waals surface area contributed by atoms with Gasteiger partial charge in [0.2, 0.25) is 16.0 Å². The smallest absolute Gasteiger partial charge is 0.243 e. The number of anilines is 1. The molecule has 110 valence electrons. The lowest BCUT2D eigenvalue weighted by molar-refractivity contribution is 0.309. The average Bonchev–Trinajstić information content (AvgIpc) is 3.04. The van der Waals surface area contributed by atoms with E-state index in [1.807, 2.05) is 0 Å². The number of hydrogen-bond donors (Lipinski definition) is 2. The molecule has 3 rings (SSSR count). The van der Waals surface area contributed by atoms with E-state index in [0.717, 1.165) is 32.4 Å². The predicted molar refractivity (Wildman–Crippen MR) is 74.9 cm³/mol. The molecule has 1 aromatic rings. The van der Waals surface area contributed by atoms with Gasteiger partial charge in [0, 0.05) is 25.7 Å². The van der Waals surface area contributed by atoms with E-state index in [1.165, 1.54) is 12.4 Å². The van der Waals surface area contributed by atoms with Crippen LogP contribution < -0.4 is 10.0 Å². The highest BCUT2D eigenvalue weighted by Crippen LogP contribution is 2.28. The van der Waals surface area contributed by atoms with Gasteiger partial charge in [-0.05, 0) is 25.8 Å². The summed E-state index contributed by atoms with van der Waals surface area (Å²) in [5.74, 6) is 0.409. The van der Waals surface area contributed by atoms with Crippen LogP contribution in [0.25, 0.3) is 0 Å². The molecule has 3 heterocycles. The lowest BCUT2D eigenvalue weighted by atomic mass is 10.1. The maximum atomic E-state index is 12.3. The zero-order valence-corrected chi connectivity index (χ0v) is 12.2. The third-order valence-corrected chi connectivity index (χ3v) is 5.52. The normalized spacial score (nSPS) is 26.6. The highest BCUT2D eigenvalue weighted by atomic mass is 32.2. The second kappa shape index (κ2) is 5.27. The molecule has 2 fully saturated rings. The molecule has 2 unspecified atom stereocenters. The monoisotopic (exact) mass is 297 g/mol. The molecule has 0 radical (unpaired) electrons. The Balaban J connectivity index is 1.74. The van der Waals surface area contributed by atoms with Crippen molar-refractivity contribution in [2.45, 2.75) is 36.2 Å². The van der Waals surface area contributed by atoms with Gasteiger partial charge in [-0.3, -0.25) is 4.90 Å². The van der Waals surface area contributed by atoms with Crippen molar-refractivity contribution >= 4 is 16.0 Å². The molecule has 7 nitrogen and oxygen atoms in total. The van der Waals surface area contributed by atoms with Crippen molar-refractivity contribution in [1.29, 1.82) is 0 Å². The van der Waals surface area contributed by atoms with Gasteiger partial charge in [-0.2, -0.15) is 0 Å². The fraction of sp³-hybridized carbons (Fsp3) is 0.667. The molecule has 1 aromatic heterocycles. The van der Waals surface area contributed by atoms with Crippen molar-refractivity contribution in [3.05, 3.63) is 12.4 Å². The first kappa shape index (κ1) is 13.7. The van der Waals surface area contributed by atoms with Crippen LogP contribution in [0.2, 0.25) is 0 Å². The third-order valence-electron chi connectivity index (χ3n) is 4.07. The summed E-state index contributed by atoms with van der Waals surface area (Å²) in [5.41, 5.74) is 0. The number of sulfonamides is 1. The Hall–Kier alpha value is -1.25. The molecule has 0 spiro atoms. The summed E-state index contributed by atoms with van der Waals surface area (Å²) in [7, 11) is -1.85. The molecule has 20 heavy (non-hydrogen) atoms. The number of nitrogens with zero attached hydrogens (tertiary/aromatic N) is 3. The Kier molecular flexibility index (Phi) is 3.61. The largest absolute Gasteiger partial charge is 0.357 e. The van der Waals surface area contributed by atoms with E-state index in [9.17, 15) is 8.42 Å². The number of hydrogen-bond acceptors (Lipinski definition) is 6. The fourth-order valence-electron chi connectivity index (χ4n) is 3.07. The van der Waals surface area contributed by atoms with Gasteiger partial charge in [-0.1, -0.05) is 0 Å². The Bertz CT molecular complexity index is 574. The highest BCUT2D eigenvalue weighted by Gasteiger charge is 2.39. The van der Waals surface area contributed by atoms with Gasteiger partial charge in [0.15, 0.2) is 0 Å². The van der Waals surface area contributed by atoms with Crippen LogP contribution in [-0.2, 0) is 10.0 Å². The number of nitrogens with one attached hydrogen (secondary N) is 2. The van der Waals surface area contributed by atoms with E-state index in [-0.39, 0.29) is 10.9 Å². The van der Waals surface area contributed by atoms with Gasteiger partial charge in [-0.25, -0.2) is 23.1 Å². The van der Waals surface area contributed by atoms with E-state index in [2.05, 4.69) is 24.9 Å². The second-order valence-corrected chi connectivity index (χ2v) is 6.97. The van der Waals surface area contributed by atoms with Crippen LogP contribution in [0.15, 0.2) is 17.3 Å². The van der Waals surface area contributed by atoms with Crippen molar-refractivity contribution in [2.75, 3.05) is 25.5 Å². The van der Waals surface area contributed by atoms with Crippen molar-refractivity contribution in [3.63, 3.8) is 0 Å². The molecule has 8 heteroatoms. The van der Waals surface area contributed by atoms with Gasteiger partial charge in [0.1, 0.15) is 4.90 Å². The summed E-state index contributed by atoms with van der Waals surface area (Å²) in [5, 5.41) is 2.76. The van der Waals surface area contributed by atoms with Crippen LogP contribution in [0.3, 0.4) is 0 Å². The van der Waals surface area contributed by atoms with Crippen molar-refractivity contribution in [3.8, 4) is 0 Å². The maximum absolute atomic E-state index is 12.3. The number of aromatic nitrogens is 2. The van der Waals surface area contributed by atoms with Crippen LogP contribution in [0, 0.1) is 0 Å². The number of rotatable bonds is 4. The zero-order valence-electron chi connectivity index (χ0n) is 11.4. The van der Waals surface area contributed by atoms with Crippen LogP contribution in [0.1, 0.15) is 19.3 Å². The topological polar surface area (TPSA) is 87.2 Å². The standard InChI is InChI=1S/C12H19N5O2S/c1-13-12-14-7-9(8-15-12)20(18,19)16-10-4-6-17-5-2-3-11(10)17/h7-8,10-11,16H,2-6H2,1H3,(H,13,14,15). The minimum Gasteiger partial charge on any atom is -0.357 e. The molecule has 0 amide bonds. The van der Waals surface area contributed by atoms with E-state index in [1.54, 1.807) is 7.05 Å². The first-order valence-corrected chi connectivity index (χ1v) is 8.34. The molecule has 2 saturated heterocycles. The zero-order chi connectivity index (χ0) is 14.2. The Morgan fingerprint density at radius 1 is 1.25 bits per heavy atom. The molecule has 0 aliphatic carbocycles. The minimum absolute atomic E-state index is 0.00600. The van der Waals surface area contributed by atoms with Crippen LogP contribution in [0.5, 0.6) is 0 Å². The van der Waals surface area contributed by atoms with Crippen molar-refractivity contribution < 1.29 is 8.42 Å². The van der Waals surface area contributed by atoms with E-state index in [0.29, 0.717) is 12.0 Å². The van der Waals surface area contributed by atoms with Crippen LogP contribution in [-0.4, -0.2) is 55.5 Å². The molecule has 0 bridgehead atoms. The van der Waals surface area contributed by atoms with Gasteiger partial charge in [0.05, 0.1) is 12.4 Å². The van der Waals surface area contributed by atoms with Gasteiger partial charge >= 0.3 is 0 Å². The molecular formula is C12H19N5O2S. The van der Waals surface area contributed by atoms with Crippen LogP contribution >= 0.6 is 0 Å². The fourth-order valence-corrected chi connectivity index (χ4v) is 4.26. The van der Waals surface area contributed by atoms with Crippen molar-refractivity contribution in [1.82, 2.24) is 19.6 Å². The summed E-state index contributed by atoms with van der Waals surface area (Å²) in [6.45, 7) is 2.07. The van der Waals surface area contributed by atoms with Crippen molar-refractivity contribution in [2.24, 2.45) is 0 Å². The molecule has 0 aromatic carbocycles. The van der Waals surface area contributed by atoms with Gasteiger partial charge in [-0.15, -0.1) is 0 Å². The lowest BCUT2D eigenvalue weighted by Crippen LogP contribution is -2.42. The lowest BCUT2D eigenvalue weighted by Gasteiger charge is -2.21. The van der Waals surface area contributed by atoms with Gasteiger partial charge < -0.3 is 5.32 Å². The molecule has 2 atom stereocenters.